The Labute approximate surface area is 95.0 Å². The van der Waals surface area contributed by atoms with Gasteiger partial charge in [0.05, 0.1) is 6.61 Å². The van der Waals surface area contributed by atoms with E-state index < -0.39 is 0 Å². The number of hydrogen-bond acceptors (Lipinski definition) is 4. The first kappa shape index (κ1) is 12.4. The van der Waals surface area contributed by atoms with Gasteiger partial charge < -0.3 is 15.8 Å². The summed E-state index contributed by atoms with van der Waals surface area (Å²) in [6, 6.07) is 3.33. The van der Waals surface area contributed by atoms with E-state index in [1.54, 1.807) is 25.3 Å². The van der Waals surface area contributed by atoms with E-state index in [1.807, 2.05) is 6.92 Å². The lowest BCUT2D eigenvalue weighted by Crippen LogP contribution is -2.24. The molecule has 1 heterocycles. The Morgan fingerprint density at radius 3 is 3.06 bits per heavy atom. The van der Waals surface area contributed by atoms with Crippen molar-refractivity contribution in [3.8, 4) is 5.88 Å². The summed E-state index contributed by atoms with van der Waals surface area (Å²) in [6.07, 6.45) is 1.90. The maximum absolute atomic E-state index is 11.5. The number of nitrogens with two attached hydrogens (primary N) is 1. The Bertz CT molecular complexity index is 353. The Kier molecular flexibility index (Phi) is 4.72. The van der Waals surface area contributed by atoms with Gasteiger partial charge >= 0.3 is 0 Å². The summed E-state index contributed by atoms with van der Waals surface area (Å²) in [7, 11) is 0. The van der Waals surface area contributed by atoms with E-state index in [-0.39, 0.29) is 18.4 Å². The SMILES string of the molecule is CCOc1ncccc1NC(=O)CC(C)N. The predicted octanol–water partition coefficient (Wildman–Crippen LogP) is 1.16. The highest BCUT2D eigenvalue weighted by Crippen LogP contribution is 2.20. The minimum Gasteiger partial charge on any atom is -0.476 e. The molecule has 1 aromatic rings. The van der Waals surface area contributed by atoms with Crippen LogP contribution in [0, 0.1) is 0 Å². The molecule has 1 amide bonds. The Morgan fingerprint density at radius 1 is 1.69 bits per heavy atom. The molecule has 88 valence electrons. The van der Waals surface area contributed by atoms with Crippen LogP contribution in [0.25, 0.3) is 0 Å². The van der Waals surface area contributed by atoms with Gasteiger partial charge in [0, 0.05) is 18.7 Å². The molecule has 0 fully saturated rings. The molecular weight excluding hydrogens is 206 g/mol. The molecule has 1 rings (SSSR count). The second-order valence-corrected chi connectivity index (χ2v) is 3.52. The van der Waals surface area contributed by atoms with Crippen LogP contribution in [0.15, 0.2) is 18.3 Å². The van der Waals surface area contributed by atoms with Crippen molar-refractivity contribution in [3.05, 3.63) is 18.3 Å². The molecule has 3 N–H and O–H groups in total. The monoisotopic (exact) mass is 223 g/mol. The summed E-state index contributed by atoms with van der Waals surface area (Å²) in [4.78, 5) is 15.5. The van der Waals surface area contributed by atoms with Crippen LogP contribution in [-0.2, 0) is 4.79 Å². The number of ether oxygens (including phenoxy) is 1. The van der Waals surface area contributed by atoms with Gasteiger partial charge in [-0.1, -0.05) is 0 Å². The fourth-order valence-electron chi connectivity index (χ4n) is 1.23. The molecule has 0 aliphatic heterocycles. The number of rotatable bonds is 5. The molecule has 16 heavy (non-hydrogen) atoms. The van der Waals surface area contributed by atoms with E-state index in [0.29, 0.717) is 18.2 Å². The molecule has 0 saturated carbocycles. The smallest absolute Gasteiger partial charge is 0.237 e. The van der Waals surface area contributed by atoms with Crippen molar-refractivity contribution in [1.82, 2.24) is 4.98 Å². The molecule has 5 nitrogen and oxygen atoms in total. The summed E-state index contributed by atoms with van der Waals surface area (Å²) in [5.41, 5.74) is 6.11. The zero-order valence-electron chi connectivity index (χ0n) is 9.56. The van der Waals surface area contributed by atoms with Crippen molar-refractivity contribution < 1.29 is 9.53 Å². The molecule has 0 saturated heterocycles. The quantitative estimate of drug-likeness (QED) is 0.785. The number of hydrogen-bond donors (Lipinski definition) is 2. The zero-order valence-corrected chi connectivity index (χ0v) is 9.56. The number of nitrogens with one attached hydrogen (secondary N) is 1. The Hall–Kier alpha value is -1.62. The second kappa shape index (κ2) is 6.07. The standard InChI is InChI=1S/C11H17N3O2/c1-3-16-11-9(5-4-6-13-11)14-10(15)7-8(2)12/h4-6,8H,3,7,12H2,1-2H3,(H,14,15). The number of carbonyl (C=O) groups is 1. The van der Waals surface area contributed by atoms with Crippen LogP contribution in [0.2, 0.25) is 0 Å². The average molecular weight is 223 g/mol. The molecule has 0 aliphatic carbocycles. The van der Waals surface area contributed by atoms with E-state index in [0.717, 1.165) is 0 Å². The van der Waals surface area contributed by atoms with Crippen molar-refractivity contribution in [2.24, 2.45) is 5.73 Å². The number of nitrogens with zero attached hydrogens (tertiary/aromatic N) is 1. The largest absolute Gasteiger partial charge is 0.476 e. The summed E-state index contributed by atoms with van der Waals surface area (Å²) >= 11 is 0. The topological polar surface area (TPSA) is 77.2 Å². The van der Waals surface area contributed by atoms with Crippen molar-refractivity contribution >= 4 is 11.6 Å². The first-order valence-electron chi connectivity index (χ1n) is 5.26. The van der Waals surface area contributed by atoms with Crippen molar-refractivity contribution in [3.63, 3.8) is 0 Å². The highest BCUT2D eigenvalue weighted by molar-refractivity contribution is 5.92. The average Bonchev–Trinajstić information content (AvgIpc) is 2.20. The van der Waals surface area contributed by atoms with Crippen LogP contribution >= 0.6 is 0 Å². The third-order valence-electron chi connectivity index (χ3n) is 1.83. The zero-order chi connectivity index (χ0) is 12.0. The highest BCUT2D eigenvalue weighted by atomic mass is 16.5. The van der Waals surface area contributed by atoms with E-state index in [9.17, 15) is 4.79 Å². The number of pyridine rings is 1. The summed E-state index contributed by atoms with van der Waals surface area (Å²) in [5, 5.41) is 2.72. The van der Waals surface area contributed by atoms with Gasteiger partial charge in [-0.3, -0.25) is 4.79 Å². The lowest BCUT2D eigenvalue weighted by atomic mass is 10.2. The normalized spacial score (nSPS) is 11.9. The van der Waals surface area contributed by atoms with Crippen molar-refractivity contribution in [1.29, 1.82) is 0 Å². The highest BCUT2D eigenvalue weighted by Gasteiger charge is 2.09. The van der Waals surface area contributed by atoms with Crippen LogP contribution in [0.1, 0.15) is 20.3 Å². The van der Waals surface area contributed by atoms with Gasteiger partial charge in [-0.05, 0) is 26.0 Å². The Morgan fingerprint density at radius 2 is 2.44 bits per heavy atom. The van der Waals surface area contributed by atoms with Crippen LogP contribution in [-0.4, -0.2) is 23.5 Å². The first-order chi connectivity index (χ1) is 7.63. The lowest BCUT2D eigenvalue weighted by molar-refractivity contribution is -0.116. The molecule has 0 aliphatic rings. The van der Waals surface area contributed by atoms with E-state index in [4.69, 9.17) is 10.5 Å². The maximum atomic E-state index is 11.5. The van der Waals surface area contributed by atoms with Gasteiger partial charge in [-0.25, -0.2) is 4.98 Å². The molecule has 5 heteroatoms. The third-order valence-corrected chi connectivity index (χ3v) is 1.83. The molecule has 0 aromatic carbocycles. The van der Waals surface area contributed by atoms with Gasteiger partial charge in [0.15, 0.2) is 0 Å². The molecule has 0 spiro atoms. The van der Waals surface area contributed by atoms with E-state index in [1.165, 1.54) is 0 Å². The third kappa shape index (κ3) is 3.86. The van der Waals surface area contributed by atoms with E-state index >= 15 is 0 Å². The van der Waals surface area contributed by atoms with Crippen molar-refractivity contribution in [2.75, 3.05) is 11.9 Å². The van der Waals surface area contributed by atoms with Crippen LogP contribution in [0.5, 0.6) is 5.88 Å². The van der Waals surface area contributed by atoms with Gasteiger partial charge in [0.2, 0.25) is 11.8 Å². The maximum Gasteiger partial charge on any atom is 0.237 e. The number of amides is 1. The molecule has 1 aromatic heterocycles. The summed E-state index contributed by atoms with van der Waals surface area (Å²) in [5.74, 6) is 0.298. The lowest BCUT2D eigenvalue weighted by Gasteiger charge is -2.10. The van der Waals surface area contributed by atoms with Crippen LogP contribution in [0.4, 0.5) is 5.69 Å². The van der Waals surface area contributed by atoms with E-state index in [2.05, 4.69) is 10.3 Å². The van der Waals surface area contributed by atoms with Crippen LogP contribution in [0.3, 0.4) is 0 Å². The van der Waals surface area contributed by atoms with Gasteiger partial charge in [0.25, 0.3) is 0 Å². The molecule has 1 atom stereocenters. The van der Waals surface area contributed by atoms with Gasteiger partial charge in [0.1, 0.15) is 5.69 Å². The first-order valence-corrected chi connectivity index (χ1v) is 5.26. The Balaban J connectivity index is 2.68. The van der Waals surface area contributed by atoms with Crippen LogP contribution < -0.4 is 15.8 Å². The fourth-order valence-corrected chi connectivity index (χ4v) is 1.23. The van der Waals surface area contributed by atoms with Gasteiger partial charge in [-0.15, -0.1) is 0 Å². The molecular formula is C11H17N3O2. The molecule has 0 radical (unpaired) electrons. The minimum atomic E-state index is -0.160. The summed E-state index contributed by atoms with van der Waals surface area (Å²) < 4.78 is 5.29. The molecule has 0 bridgehead atoms. The van der Waals surface area contributed by atoms with Gasteiger partial charge in [-0.2, -0.15) is 0 Å². The summed E-state index contributed by atoms with van der Waals surface area (Å²) in [6.45, 7) is 4.15. The van der Waals surface area contributed by atoms with Crippen molar-refractivity contribution in [2.45, 2.75) is 26.3 Å². The second-order valence-electron chi connectivity index (χ2n) is 3.52. The minimum absolute atomic E-state index is 0.135. The fraction of sp³-hybridized carbons (Fsp3) is 0.455. The predicted molar refractivity (Wildman–Crippen MR) is 62.3 cm³/mol. The number of aromatic nitrogens is 1. The number of carbonyl (C=O) groups excluding carboxylic acids is 1. The number of anilines is 1. The molecule has 1 unspecified atom stereocenters.